The number of nitrogens with zero attached hydrogens (tertiary/aromatic N) is 1. The highest BCUT2D eigenvalue weighted by atomic mass is 79.9. The Hall–Kier alpha value is -1.99. The Balaban J connectivity index is 2.02. The topological polar surface area (TPSA) is 45.0 Å². The summed E-state index contributed by atoms with van der Waals surface area (Å²) in [6.07, 6.45) is 0. The summed E-state index contributed by atoms with van der Waals surface area (Å²) < 4.78 is 6.29. The van der Waals surface area contributed by atoms with Crippen molar-refractivity contribution in [1.82, 2.24) is 0 Å². The molecular formula is C16H15BrN2O. The summed E-state index contributed by atoms with van der Waals surface area (Å²) in [5.74, 6) is 0.713. The van der Waals surface area contributed by atoms with Crippen LogP contribution in [0.3, 0.4) is 0 Å². The first-order valence-electron chi connectivity index (χ1n) is 6.31. The number of benzene rings is 2. The zero-order valence-corrected chi connectivity index (χ0v) is 12.7. The molecule has 0 bridgehead atoms. The molecule has 102 valence electrons. The standard InChI is InChI=1S/C16H15BrN2O/c1-12(19-15-4-2-3-14(17)11-15)13-5-7-16(8-6-13)20-10-9-18/h2-8,11-12,19H,10H2,1H3. The Kier molecular flexibility index (Phi) is 5.03. The van der Waals surface area contributed by atoms with Crippen LogP contribution in [-0.4, -0.2) is 6.61 Å². The predicted octanol–water partition coefficient (Wildman–Crippen LogP) is 4.52. The lowest BCUT2D eigenvalue weighted by Gasteiger charge is -2.16. The molecule has 0 saturated carbocycles. The van der Waals surface area contributed by atoms with Crippen LogP contribution in [0.15, 0.2) is 53.0 Å². The van der Waals surface area contributed by atoms with Gasteiger partial charge in [-0.05, 0) is 42.8 Å². The Morgan fingerprint density at radius 1 is 1.25 bits per heavy atom. The smallest absolute Gasteiger partial charge is 0.174 e. The minimum Gasteiger partial charge on any atom is -0.479 e. The van der Waals surface area contributed by atoms with E-state index < -0.39 is 0 Å². The molecule has 2 rings (SSSR count). The zero-order valence-electron chi connectivity index (χ0n) is 11.1. The lowest BCUT2D eigenvalue weighted by molar-refractivity contribution is 0.368. The number of rotatable bonds is 5. The van der Waals surface area contributed by atoms with Crippen LogP contribution in [-0.2, 0) is 0 Å². The van der Waals surface area contributed by atoms with Gasteiger partial charge in [-0.15, -0.1) is 0 Å². The van der Waals surface area contributed by atoms with E-state index in [-0.39, 0.29) is 12.6 Å². The first-order valence-corrected chi connectivity index (χ1v) is 7.10. The second-order valence-corrected chi connectivity index (χ2v) is 5.31. The van der Waals surface area contributed by atoms with Crippen molar-refractivity contribution in [3.05, 3.63) is 58.6 Å². The second kappa shape index (κ2) is 6.97. The largest absolute Gasteiger partial charge is 0.479 e. The number of halogens is 1. The van der Waals surface area contributed by atoms with E-state index in [0.717, 1.165) is 15.7 Å². The molecule has 0 heterocycles. The van der Waals surface area contributed by atoms with Crippen molar-refractivity contribution in [1.29, 1.82) is 5.26 Å². The minimum atomic E-state index is 0.0746. The third-order valence-corrected chi connectivity index (χ3v) is 3.38. The van der Waals surface area contributed by atoms with E-state index in [1.54, 1.807) is 0 Å². The van der Waals surface area contributed by atoms with Crippen LogP contribution in [0.5, 0.6) is 5.75 Å². The van der Waals surface area contributed by atoms with Gasteiger partial charge in [-0.1, -0.05) is 34.1 Å². The number of hydrogen-bond donors (Lipinski definition) is 1. The van der Waals surface area contributed by atoms with Crippen LogP contribution in [0.2, 0.25) is 0 Å². The second-order valence-electron chi connectivity index (χ2n) is 4.39. The van der Waals surface area contributed by atoms with Gasteiger partial charge < -0.3 is 10.1 Å². The lowest BCUT2D eigenvalue weighted by atomic mass is 10.1. The summed E-state index contributed by atoms with van der Waals surface area (Å²) in [5, 5.41) is 11.9. The Labute approximate surface area is 127 Å². The Morgan fingerprint density at radius 2 is 2.00 bits per heavy atom. The minimum absolute atomic E-state index is 0.0746. The van der Waals surface area contributed by atoms with E-state index in [2.05, 4.69) is 28.2 Å². The van der Waals surface area contributed by atoms with E-state index in [9.17, 15) is 0 Å². The summed E-state index contributed by atoms with van der Waals surface area (Å²) in [5.41, 5.74) is 2.23. The molecule has 4 heteroatoms. The maximum absolute atomic E-state index is 8.47. The van der Waals surface area contributed by atoms with E-state index in [1.807, 2.05) is 54.6 Å². The fourth-order valence-electron chi connectivity index (χ4n) is 1.88. The summed E-state index contributed by atoms with van der Waals surface area (Å²) in [7, 11) is 0. The molecule has 1 atom stereocenters. The first-order chi connectivity index (χ1) is 9.69. The van der Waals surface area contributed by atoms with Crippen LogP contribution < -0.4 is 10.1 Å². The van der Waals surface area contributed by atoms with Crippen LogP contribution in [0, 0.1) is 11.3 Å². The van der Waals surface area contributed by atoms with Crippen LogP contribution in [0.4, 0.5) is 5.69 Å². The van der Waals surface area contributed by atoms with Gasteiger partial charge in [0.1, 0.15) is 11.8 Å². The number of nitriles is 1. The van der Waals surface area contributed by atoms with E-state index in [4.69, 9.17) is 10.00 Å². The van der Waals surface area contributed by atoms with Crippen LogP contribution in [0.1, 0.15) is 18.5 Å². The molecule has 0 aliphatic carbocycles. The van der Waals surface area contributed by atoms with E-state index in [1.165, 1.54) is 0 Å². The van der Waals surface area contributed by atoms with Crippen molar-refractivity contribution >= 4 is 21.6 Å². The third-order valence-electron chi connectivity index (χ3n) is 2.89. The van der Waals surface area contributed by atoms with Crippen LogP contribution in [0.25, 0.3) is 0 Å². The summed E-state index contributed by atoms with van der Waals surface area (Å²) in [6, 6.07) is 18.0. The molecule has 0 aliphatic rings. The maximum Gasteiger partial charge on any atom is 0.174 e. The van der Waals surface area contributed by atoms with Gasteiger partial charge in [0.2, 0.25) is 0 Å². The van der Waals surface area contributed by atoms with Crippen molar-refractivity contribution in [3.63, 3.8) is 0 Å². The number of hydrogen-bond acceptors (Lipinski definition) is 3. The first kappa shape index (κ1) is 14.4. The summed E-state index contributed by atoms with van der Waals surface area (Å²) >= 11 is 3.46. The molecule has 0 amide bonds. The molecule has 0 spiro atoms. The predicted molar refractivity (Wildman–Crippen MR) is 83.7 cm³/mol. The fourth-order valence-corrected chi connectivity index (χ4v) is 2.28. The van der Waals surface area contributed by atoms with Gasteiger partial charge in [0, 0.05) is 16.2 Å². The highest BCUT2D eigenvalue weighted by Gasteiger charge is 2.05. The third kappa shape index (κ3) is 4.01. The van der Waals surface area contributed by atoms with Crippen molar-refractivity contribution in [2.75, 3.05) is 11.9 Å². The molecule has 3 nitrogen and oxygen atoms in total. The van der Waals surface area contributed by atoms with Crippen molar-refractivity contribution in [3.8, 4) is 11.8 Å². The highest BCUT2D eigenvalue weighted by Crippen LogP contribution is 2.23. The average molecular weight is 331 g/mol. The molecule has 1 N–H and O–H groups in total. The molecule has 20 heavy (non-hydrogen) atoms. The normalized spacial score (nSPS) is 11.4. The molecule has 0 aromatic heterocycles. The van der Waals surface area contributed by atoms with E-state index in [0.29, 0.717) is 5.75 Å². The molecule has 0 radical (unpaired) electrons. The van der Waals surface area contributed by atoms with Crippen LogP contribution >= 0.6 is 15.9 Å². The fraction of sp³-hybridized carbons (Fsp3) is 0.188. The zero-order chi connectivity index (χ0) is 14.4. The van der Waals surface area contributed by atoms with Gasteiger partial charge >= 0.3 is 0 Å². The molecule has 2 aromatic carbocycles. The monoisotopic (exact) mass is 330 g/mol. The number of ether oxygens (including phenoxy) is 1. The van der Waals surface area contributed by atoms with Gasteiger partial charge in [0.15, 0.2) is 6.61 Å². The molecule has 0 saturated heterocycles. The molecule has 0 aliphatic heterocycles. The molecule has 2 aromatic rings. The Morgan fingerprint density at radius 3 is 2.65 bits per heavy atom. The highest BCUT2D eigenvalue weighted by molar-refractivity contribution is 9.10. The van der Waals surface area contributed by atoms with Gasteiger partial charge in [-0.3, -0.25) is 0 Å². The Bertz CT molecular complexity index is 605. The van der Waals surface area contributed by atoms with Crippen molar-refractivity contribution in [2.45, 2.75) is 13.0 Å². The van der Waals surface area contributed by atoms with E-state index >= 15 is 0 Å². The van der Waals surface area contributed by atoms with Gasteiger partial charge in [-0.2, -0.15) is 5.26 Å². The molecule has 1 unspecified atom stereocenters. The maximum atomic E-state index is 8.47. The SMILES string of the molecule is CC(Nc1cccc(Br)c1)c1ccc(OCC#N)cc1. The van der Waals surface area contributed by atoms with Gasteiger partial charge in [0.25, 0.3) is 0 Å². The van der Waals surface area contributed by atoms with Crippen molar-refractivity contribution < 1.29 is 4.74 Å². The van der Waals surface area contributed by atoms with Gasteiger partial charge in [0.05, 0.1) is 0 Å². The average Bonchev–Trinajstić information content (AvgIpc) is 2.45. The van der Waals surface area contributed by atoms with Gasteiger partial charge in [-0.25, -0.2) is 0 Å². The lowest BCUT2D eigenvalue weighted by Crippen LogP contribution is -2.06. The molecular weight excluding hydrogens is 316 g/mol. The summed E-state index contributed by atoms with van der Waals surface area (Å²) in [6.45, 7) is 2.18. The van der Waals surface area contributed by atoms with Crippen molar-refractivity contribution in [2.24, 2.45) is 0 Å². The number of nitrogens with one attached hydrogen (secondary N) is 1. The quantitative estimate of drug-likeness (QED) is 0.876. The molecule has 0 fully saturated rings. The number of anilines is 1. The summed E-state index contributed by atoms with van der Waals surface area (Å²) in [4.78, 5) is 0.